The fourth-order valence-corrected chi connectivity index (χ4v) is 4.13. The maximum atomic E-state index is 12.3. The first-order valence-electron chi connectivity index (χ1n) is 6.89. The van der Waals surface area contributed by atoms with Crippen LogP contribution in [0.5, 0.6) is 0 Å². The molecule has 1 heterocycles. The molecule has 0 unspecified atom stereocenters. The van der Waals surface area contributed by atoms with E-state index in [1.165, 1.54) is 12.8 Å². The molecule has 20 heavy (non-hydrogen) atoms. The molecule has 2 aliphatic rings. The first-order valence-corrected chi connectivity index (χ1v) is 9.17. The third-order valence-corrected chi connectivity index (χ3v) is 6.19. The summed E-state index contributed by atoms with van der Waals surface area (Å²) in [4.78, 5) is 0.189. The van der Waals surface area contributed by atoms with Crippen molar-refractivity contribution in [3.05, 3.63) is 16.5 Å². The Hall–Kier alpha value is -0.370. The van der Waals surface area contributed by atoms with Gasteiger partial charge in [0, 0.05) is 18.7 Å². The lowest BCUT2D eigenvalue weighted by Gasteiger charge is -2.09. The largest absolute Gasteiger partial charge is 0.452 e. The van der Waals surface area contributed by atoms with E-state index in [0.717, 1.165) is 12.8 Å². The Kier molecular flexibility index (Phi) is 3.73. The molecule has 0 aromatic carbocycles. The number of hydrogen-bond acceptors (Lipinski definition) is 4. The van der Waals surface area contributed by atoms with Crippen LogP contribution in [0.4, 0.5) is 0 Å². The molecule has 2 aliphatic carbocycles. The first kappa shape index (κ1) is 14.6. The third kappa shape index (κ3) is 3.44. The minimum atomic E-state index is -3.50. The molecule has 0 amide bonds. The highest BCUT2D eigenvalue weighted by Gasteiger charge is 2.38. The summed E-state index contributed by atoms with van der Waals surface area (Å²) < 4.78 is 32.9. The van der Waals surface area contributed by atoms with Gasteiger partial charge in [0.05, 0.1) is 6.54 Å². The second kappa shape index (κ2) is 5.12. The van der Waals surface area contributed by atoms with Gasteiger partial charge in [0.15, 0.2) is 4.67 Å². The molecule has 2 saturated carbocycles. The summed E-state index contributed by atoms with van der Waals surface area (Å²) in [6.45, 7) is 3.14. The van der Waals surface area contributed by atoms with Crippen molar-refractivity contribution in [3.63, 3.8) is 0 Å². The molecule has 2 fully saturated rings. The minimum Gasteiger partial charge on any atom is -0.452 e. The Bertz CT molecular complexity index is 603. The van der Waals surface area contributed by atoms with Gasteiger partial charge in [-0.25, -0.2) is 13.1 Å². The van der Waals surface area contributed by atoms with E-state index >= 15 is 0 Å². The molecular formula is C13H19BrN2O3S. The summed E-state index contributed by atoms with van der Waals surface area (Å²) in [6, 6.07) is 2.16. The second-order valence-electron chi connectivity index (χ2n) is 6.14. The molecule has 0 spiro atoms. The number of sulfonamides is 1. The van der Waals surface area contributed by atoms with Crippen LogP contribution >= 0.6 is 15.9 Å². The molecule has 5 nitrogen and oxygen atoms in total. The zero-order valence-corrected chi connectivity index (χ0v) is 13.8. The summed E-state index contributed by atoms with van der Waals surface area (Å²) >= 11 is 3.20. The van der Waals surface area contributed by atoms with Gasteiger partial charge in [-0.05, 0) is 47.0 Å². The van der Waals surface area contributed by atoms with Crippen molar-refractivity contribution in [2.24, 2.45) is 5.41 Å². The lowest BCUT2D eigenvalue weighted by Crippen LogP contribution is -2.29. The molecule has 0 atom stereocenters. The number of furan rings is 1. The van der Waals surface area contributed by atoms with Crippen molar-refractivity contribution in [1.29, 1.82) is 0 Å². The SMILES string of the molecule is CC1(CNS(=O)(=O)c2cc(CNC3CC3)oc2Br)CC1. The molecule has 0 radical (unpaired) electrons. The maximum absolute atomic E-state index is 12.3. The standard InChI is InChI=1S/C13H19BrN2O3S/c1-13(4-5-13)8-16-20(17,18)11-6-10(19-12(11)14)7-15-9-2-3-9/h6,9,15-16H,2-5,7-8H2,1H3. The predicted octanol–water partition coefficient (Wildman–Crippen LogP) is 2.37. The van der Waals surface area contributed by atoms with E-state index in [2.05, 4.69) is 32.9 Å². The van der Waals surface area contributed by atoms with E-state index in [-0.39, 0.29) is 15.0 Å². The van der Waals surface area contributed by atoms with E-state index in [9.17, 15) is 8.42 Å². The molecule has 3 rings (SSSR count). The Morgan fingerprint density at radius 3 is 2.75 bits per heavy atom. The highest BCUT2D eigenvalue weighted by molar-refractivity contribution is 9.10. The number of hydrogen-bond donors (Lipinski definition) is 2. The average molecular weight is 363 g/mol. The van der Waals surface area contributed by atoms with Gasteiger partial charge < -0.3 is 9.73 Å². The maximum Gasteiger partial charge on any atom is 0.244 e. The van der Waals surface area contributed by atoms with Crippen molar-refractivity contribution in [2.45, 2.75) is 50.1 Å². The molecule has 2 N–H and O–H groups in total. The summed E-state index contributed by atoms with van der Waals surface area (Å²) in [6.07, 6.45) is 4.54. The minimum absolute atomic E-state index is 0.139. The monoisotopic (exact) mass is 362 g/mol. The Balaban J connectivity index is 1.67. The van der Waals surface area contributed by atoms with Crippen LogP contribution < -0.4 is 10.0 Å². The van der Waals surface area contributed by atoms with Gasteiger partial charge in [-0.1, -0.05) is 6.92 Å². The first-order chi connectivity index (χ1) is 9.38. The lowest BCUT2D eigenvalue weighted by atomic mass is 10.2. The van der Waals surface area contributed by atoms with Gasteiger partial charge in [-0.3, -0.25) is 0 Å². The van der Waals surface area contributed by atoms with Gasteiger partial charge >= 0.3 is 0 Å². The zero-order chi connectivity index (χ0) is 14.4. The predicted molar refractivity (Wildman–Crippen MR) is 78.8 cm³/mol. The number of rotatable bonds is 7. The highest BCUT2D eigenvalue weighted by Crippen LogP contribution is 2.44. The van der Waals surface area contributed by atoms with Crippen LogP contribution in [0.25, 0.3) is 0 Å². The molecule has 1 aromatic heterocycles. The van der Waals surface area contributed by atoms with Gasteiger partial charge in [-0.2, -0.15) is 0 Å². The number of nitrogens with one attached hydrogen (secondary N) is 2. The topological polar surface area (TPSA) is 71.3 Å². The lowest BCUT2D eigenvalue weighted by molar-refractivity contribution is 0.459. The molecule has 0 aliphatic heterocycles. The van der Waals surface area contributed by atoms with E-state index < -0.39 is 10.0 Å². The average Bonchev–Trinajstić information content (AvgIpc) is 3.29. The summed E-state index contributed by atoms with van der Waals surface area (Å²) in [5.74, 6) is 0.641. The third-order valence-electron chi connectivity index (χ3n) is 3.93. The van der Waals surface area contributed by atoms with Crippen LogP contribution in [-0.4, -0.2) is 21.0 Å². The normalized spacial score (nSPS) is 21.1. The van der Waals surface area contributed by atoms with Crippen molar-refractivity contribution in [3.8, 4) is 0 Å². The molecule has 1 aromatic rings. The molecule has 7 heteroatoms. The second-order valence-corrected chi connectivity index (χ2v) is 8.60. The summed E-state index contributed by atoms with van der Waals surface area (Å²) in [7, 11) is -3.50. The molecule has 112 valence electrons. The molecule has 0 saturated heterocycles. The van der Waals surface area contributed by atoms with E-state index in [0.29, 0.717) is 24.9 Å². The van der Waals surface area contributed by atoms with E-state index in [1.54, 1.807) is 6.07 Å². The Labute approximate surface area is 127 Å². The van der Waals surface area contributed by atoms with E-state index in [4.69, 9.17) is 4.42 Å². The fourth-order valence-electron chi connectivity index (χ4n) is 1.94. The van der Waals surface area contributed by atoms with Crippen molar-refractivity contribution in [1.82, 2.24) is 10.0 Å². The van der Waals surface area contributed by atoms with Crippen LogP contribution in [0.15, 0.2) is 20.0 Å². The zero-order valence-electron chi connectivity index (χ0n) is 11.4. The van der Waals surface area contributed by atoms with Gasteiger partial charge in [0.2, 0.25) is 10.0 Å². The fraction of sp³-hybridized carbons (Fsp3) is 0.692. The number of halogens is 1. The van der Waals surface area contributed by atoms with Crippen LogP contribution in [0.2, 0.25) is 0 Å². The quantitative estimate of drug-likeness (QED) is 0.780. The summed E-state index contributed by atoms with van der Waals surface area (Å²) in [5.41, 5.74) is 0.139. The molecule has 0 bridgehead atoms. The van der Waals surface area contributed by atoms with Crippen molar-refractivity contribution >= 4 is 26.0 Å². The Morgan fingerprint density at radius 1 is 1.45 bits per heavy atom. The Morgan fingerprint density at radius 2 is 2.15 bits per heavy atom. The van der Waals surface area contributed by atoms with Crippen LogP contribution in [0.3, 0.4) is 0 Å². The highest BCUT2D eigenvalue weighted by atomic mass is 79.9. The van der Waals surface area contributed by atoms with Gasteiger partial charge in [-0.15, -0.1) is 0 Å². The van der Waals surface area contributed by atoms with Crippen LogP contribution in [0, 0.1) is 5.41 Å². The van der Waals surface area contributed by atoms with Crippen molar-refractivity contribution in [2.75, 3.05) is 6.54 Å². The van der Waals surface area contributed by atoms with Gasteiger partial charge in [0.1, 0.15) is 10.7 Å². The van der Waals surface area contributed by atoms with Crippen LogP contribution in [-0.2, 0) is 16.6 Å². The summed E-state index contributed by atoms with van der Waals surface area (Å²) in [5, 5.41) is 3.30. The smallest absolute Gasteiger partial charge is 0.244 e. The van der Waals surface area contributed by atoms with E-state index in [1.807, 2.05) is 0 Å². The van der Waals surface area contributed by atoms with Gasteiger partial charge in [0.25, 0.3) is 0 Å². The van der Waals surface area contributed by atoms with Crippen molar-refractivity contribution < 1.29 is 12.8 Å². The van der Waals surface area contributed by atoms with Crippen LogP contribution in [0.1, 0.15) is 38.4 Å². The molecular weight excluding hydrogens is 344 g/mol.